The highest BCUT2D eigenvalue weighted by molar-refractivity contribution is 7.09. The van der Waals surface area contributed by atoms with Gasteiger partial charge in [-0.2, -0.15) is 0 Å². The molecule has 1 unspecified atom stereocenters. The summed E-state index contributed by atoms with van der Waals surface area (Å²) in [6.07, 6.45) is 2.52. The monoisotopic (exact) mass is 333 g/mol. The molecule has 1 amide bonds. The van der Waals surface area contributed by atoms with Crippen molar-refractivity contribution in [2.75, 3.05) is 20.1 Å². The second-order valence-electron chi connectivity index (χ2n) is 5.77. The van der Waals surface area contributed by atoms with Crippen LogP contribution in [0, 0.1) is 5.82 Å². The number of benzene rings is 1. The summed E-state index contributed by atoms with van der Waals surface area (Å²) >= 11 is 1.41. The fraction of sp³-hybridized carbons (Fsp3) is 0.412. The average molecular weight is 333 g/mol. The Morgan fingerprint density at radius 3 is 3.09 bits per heavy atom. The number of thiazole rings is 1. The van der Waals surface area contributed by atoms with Gasteiger partial charge in [-0.15, -0.1) is 11.3 Å². The zero-order valence-electron chi connectivity index (χ0n) is 13.1. The molecule has 23 heavy (non-hydrogen) atoms. The standard InChI is InChI=1S/C17H20FN3OS/c1-19-13-6-4-8-21(10-13)17(22)15-11-23-16(20-15)9-12-5-2-3-7-14(12)18/h2-3,5,7,11,13,19H,4,6,8-10H2,1H3. The molecule has 0 spiro atoms. The number of carbonyl (C=O) groups is 1. The highest BCUT2D eigenvalue weighted by atomic mass is 32.1. The Kier molecular flexibility index (Phi) is 5.03. The van der Waals surface area contributed by atoms with Gasteiger partial charge in [-0.3, -0.25) is 4.79 Å². The van der Waals surface area contributed by atoms with Crippen LogP contribution < -0.4 is 5.32 Å². The lowest BCUT2D eigenvalue weighted by atomic mass is 10.1. The molecular weight excluding hydrogens is 313 g/mol. The number of rotatable bonds is 4. The molecule has 1 atom stereocenters. The number of nitrogens with zero attached hydrogens (tertiary/aromatic N) is 2. The van der Waals surface area contributed by atoms with Crippen LogP contribution in [0.4, 0.5) is 4.39 Å². The maximum atomic E-state index is 13.7. The number of likely N-dealkylation sites (N-methyl/N-ethyl adjacent to an activating group) is 1. The number of piperidine rings is 1. The van der Waals surface area contributed by atoms with Crippen molar-refractivity contribution in [2.24, 2.45) is 0 Å². The first-order valence-electron chi connectivity index (χ1n) is 7.81. The summed E-state index contributed by atoms with van der Waals surface area (Å²) in [5, 5.41) is 5.77. The van der Waals surface area contributed by atoms with Crippen molar-refractivity contribution in [1.29, 1.82) is 0 Å². The molecule has 0 aliphatic carbocycles. The minimum Gasteiger partial charge on any atom is -0.336 e. The molecule has 0 radical (unpaired) electrons. The molecule has 0 saturated carbocycles. The van der Waals surface area contributed by atoms with E-state index in [1.165, 1.54) is 17.4 Å². The van der Waals surface area contributed by atoms with Gasteiger partial charge in [0.25, 0.3) is 5.91 Å². The van der Waals surface area contributed by atoms with Gasteiger partial charge in [0.15, 0.2) is 0 Å². The molecule has 1 aromatic carbocycles. The van der Waals surface area contributed by atoms with Crippen molar-refractivity contribution < 1.29 is 9.18 Å². The average Bonchev–Trinajstić information content (AvgIpc) is 3.05. The number of nitrogens with one attached hydrogen (secondary N) is 1. The molecule has 3 rings (SSSR count). The molecule has 1 aliphatic rings. The number of hydrogen-bond donors (Lipinski definition) is 1. The van der Waals surface area contributed by atoms with Gasteiger partial charge in [-0.05, 0) is 31.5 Å². The predicted octanol–water partition coefficient (Wildman–Crippen LogP) is 2.70. The van der Waals surface area contributed by atoms with E-state index in [4.69, 9.17) is 0 Å². The molecule has 2 heterocycles. The molecule has 122 valence electrons. The lowest BCUT2D eigenvalue weighted by Gasteiger charge is -2.32. The molecule has 1 N–H and O–H groups in total. The van der Waals surface area contributed by atoms with Gasteiger partial charge < -0.3 is 10.2 Å². The Morgan fingerprint density at radius 1 is 1.48 bits per heavy atom. The second-order valence-corrected chi connectivity index (χ2v) is 6.72. The Morgan fingerprint density at radius 2 is 2.30 bits per heavy atom. The molecule has 1 aliphatic heterocycles. The first-order valence-corrected chi connectivity index (χ1v) is 8.69. The summed E-state index contributed by atoms with van der Waals surface area (Å²) in [6.45, 7) is 1.49. The van der Waals surface area contributed by atoms with Gasteiger partial charge in [0, 0.05) is 30.9 Å². The Balaban J connectivity index is 1.69. The summed E-state index contributed by atoms with van der Waals surface area (Å²) in [5.74, 6) is -0.260. The highest BCUT2D eigenvalue weighted by Gasteiger charge is 2.25. The van der Waals surface area contributed by atoms with E-state index < -0.39 is 0 Å². The van der Waals surface area contributed by atoms with E-state index in [0.717, 1.165) is 30.9 Å². The van der Waals surface area contributed by atoms with Crippen molar-refractivity contribution in [3.05, 3.63) is 51.7 Å². The predicted molar refractivity (Wildman–Crippen MR) is 89.3 cm³/mol. The van der Waals surface area contributed by atoms with E-state index in [1.807, 2.05) is 18.0 Å². The van der Waals surface area contributed by atoms with Gasteiger partial charge >= 0.3 is 0 Å². The third-order valence-corrected chi connectivity index (χ3v) is 5.04. The lowest BCUT2D eigenvalue weighted by Crippen LogP contribution is -2.47. The molecule has 4 nitrogen and oxygen atoms in total. The summed E-state index contributed by atoms with van der Waals surface area (Å²) in [7, 11) is 1.92. The van der Waals surface area contributed by atoms with E-state index >= 15 is 0 Å². The normalized spacial score (nSPS) is 18.2. The van der Waals surface area contributed by atoms with Crippen LogP contribution in [-0.4, -0.2) is 42.0 Å². The maximum absolute atomic E-state index is 13.7. The van der Waals surface area contributed by atoms with Gasteiger partial charge in [-0.1, -0.05) is 18.2 Å². The number of halogens is 1. The number of hydrogen-bond acceptors (Lipinski definition) is 4. The summed E-state index contributed by atoms with van der Waals surface area (Å²) in [5.41, 5.74) is 1.08. The molecular formula is C17H20FN3OS. The number of aromatic nitrogens is 1. The van der Waals surface area contributed by atoms with Crippen LogP contribution in [0.25, 0.3) is 0 Å². The summed E-state index contributed by atoms with van der Waals surface area (Å²) in [6, 6.07) is 7.03. The Labute approximate surface area is 139 Å². The van der Waals surface area contributed by atoms with E-state index in [2.05, 4.69) is 10.3 Å². The summed E-state index contributed by atoms with van der Waals surface area (Å²) in [4.78, 5) is 18.8. The molecule has 6 heteroatoms. The fourth-order valence-corrected chi connectivity index (χ4v) is 3.65. The van der Waals surface area contributed by atoms with Gasteiger partial charge in [0.2, 0.25) is 0 Å². The van der Waals surface area contributed by atoms with Crippen molar-refractivity contribution in [2.45, 2.75) is 25.3 Å². The Bertz CT molecular complexity index is 688. The highest BCUT2D eigenvalue weighted by Crippen LogP contribution is 2.19. The van der Waals surface area contributed by atoms with Crippen LogP contribution in [0.1, 0.15) is 33.9 Å². The molecule has 1 aromatic heterocycles. The van der Waals surface area contributed by atoms with Crippen molar-refractivity contribution in [1.82, 2.24) is 15.2 Å². The molecule has 1 fully saturated rings. The molecule has 0 bridgehead atoms. The van der Waals surface area contributed by atoms with Crippen LogP contribution in [-0.2, 0) is 6.42 Å². The lowest BCUT2D eigenvalue weighted by molar-refractivity contribution is 0.0693. The third-order valence-electron chi connectivity index (χ3n) is 4.19. The van der Waals surface area contributed by atoms with Crippen LogP contribution >= 0.6 is 11.3 Å². The first kappa shape index (κ1) is 16.1. The first-order chi connectivity index (χ1) is 11.2. The minimum absolute atomic E-state index is 0.0269. The van der Waals surface area contributed by atoms with E-state index in [9.17, 15) is 9.18 Å². The molecule has 1 saturated heterocycles. The second kappa shape index (κ2) is 7.19. The van der Waals surface area contributed by atoms with Crippen LogP contribution in [0.2, 0.25) is 0 Å². The fourth-order valence-electron chi connectivity index (χ4n) is 2.85. The zero-order chi connectivity index (χ0) is 16.2. The number of amides is 1. The van der Waals surface area contributed by atoms with Crippen LogP contribution in [0.15, 0.2) is 29.6 Å². The van der Waals surface area contributed by atoms with Crippen molar-refractivity contribution in [3.8, 4) is 0 Å². The third kappa shape index (κ3) is 3.76. The van der Waals surface area contributed by atoms with Gasteiger partial charge in [0.05, 0.1) is 5.01 Å². The zero-order valence-corrected chi connectivity index (χ0v) is 13.9. The van der Waals surface area contributed by atoms with E-state index in [0.29, 0.717) is 23.7 Å². The van der Waals surface area contributed by atoms with Gasteiger partial charge in [0.1, 0.15) is 11.5 Å². The quantitative estimate of drug-likeness (QED) is 0.936. The SMILES string of the molecule is CNC1CCCN(C(=O)c2csc(Cc3ccccc3F)n2)C1. The Hall–Kier alpha value is -1.79. The van der Waals surface area contributed by atoms with Crippen LogP contribution in [0.5, 0.6) is 0 Å². The minimum atomic E-state index is -0.233. The van der Waals surface area contributed by atoms with Gasteiger partial charge in [-0.25, -0.2) is 9.37 Å². The summed E-state index contributed by atoms with van der Waals surface area (Å²) < 4.78 is 13.7. The number of carbonyl (C=O) groups excluding carboxylic acids is 1. The van der Waals surface area contributed by atoms with Crippen LogP contribution in [0.3, 0.4) is 0 Å². The topological polar surface area (TPSA) is 45.2 Å². The van der Waals surface area contributed by atoms with E-state index in [-0.39, 0.29) is 11.7 Å². The largest absolute Gasteiger partial charge is 0.336 e. The van der Waals surface area contributed by atoms with E-state index in [1.54, 1.807) is 17.5 Å². The number of likely N-dealkylation sites (tertiary alicyclic amines) is 1. The maximum Gasteiger partial charge on any atom is 0.273 e. The van der Waals surface area contributed by atoms with Crippen molar-refractivity contribution in [3.63, 3.8) is 0 Å². The smallest absolute Gasteiger partial charge is 0.273 e. The molecule has 2 aromatic rings. The van der Waals surface area contributed by atoms with Crippen molar-refractivity contribution >= 4 is 17.2 Å².